The molecule has 1 aliphatic carbocycles. The predicted molar refractivity (Wildman–Crippen MR) is 65.0 cm³/mol. The van der Waals surface area contributed by atoms with Gasteiger partial charge in [-0.15, -0.1) is 0 Å². The van der Waals surface area contributed by atoms with Gasteiger partial charge in [0.05, 0.1) is 0 Å². The highest BCUT2D eigenvalue weighted by molar-refractivity contribution is 4.93. The number of nitrogens with one attached hydrogen (secondary N) is 1. The van der Waals surface area contributed by atoms with Gasteiger partial charge in [-0.05, 0) is 37.6 Å². The fourth-order valence-corrected chi connectivity index (χ4v) is 3.28. The Hall–Kier alpha value is -0.0800. The first-order valence-electron chi connectivity index (χ1n) is 6.68. The summed E-state index contributed by atoms with van der Waals surface area (Å²) in [7, 11) is 0. The summed E-state index contributed by atoms with van der Waals surface area (Å²) in [6, 6.07) is 1.62. The number of nitrogens with zero attached hydrogens (tertiary/aromatic N) is 1. The van der Waals surface area contributed by atoms with Gasteiger partial charge in [0, 0.05) is 25.2 Å². The van der Waals surface area contributed by atoms with Crippen LogP contribution in [0.5, 0.6) is 0 Å². The molecule has 0 aromatic rings. The minimum atomic E-state index is 0.689. The molecule has 2 fully saturated rings. The third kappa shape index (κ3) is 2.54. The molecule has 3 atom stereocenters. The third-order valence-electron chi connectivity index (χ3n) is 4.22. The largest absolute Gasteiger partial charge is 0.313 e. The number of hydrogen-bond donors (Lipinski definition) is 1. The molecule has 2 rings (SSSR count). The first-order chi connectivity index (χ1) is 7.20. The number of hydrogen-bond acceptors (Lipinski definition) is 2. The van der Waals surface area contributed by atoms with Crippen LogP contribution < -0.4 is 5.32 Å². The second-order valence-corrected chi connectivity index (χ2v) is 5.69. The standard InChI is InChI=1S/C13H26N2/c1-4-14-13(10(2)3)9-15-8-11-5-6-12(15)7-11/h10-14H,4-9H2,1-3H3. The van der Waals surface area contributed by atoms with E-state index in [1.54, 1.807) is 0 Å². The molecule has 2 heteroatoms. The fourth-order valence-electron chi connectivity index (χ4n) is 3.28. The molecule has 2 aliphatic rings. The topological polar surface area (TPSA) is 15.3 Å². The van der Waals surface area contributed by atoms with Crippen LogP contribution in [-0.4, -0.2) is 36.6 Å². The van der Waals surface area contributed by atoms with E-state index in [4.69, 9.17) is 0 Å². The second-order valence-electron chi connectivity index (χ2n) is 5.69. The molecule has 1 N–H and O–H groups in total. The minimum absolute atomic E-state index is 0.689. The molecule has 1 heterocycles. The molecule has 1 saturated heterocycles. The number of likely N-dealkylation sites (tertiary alicyclic amines) is 1. The van der Waals surface area contributed by atoms with E-state index < -0.39 is 0 Å². The van der Waals surface area contributed by atoms with E-state index in [1.165, 1.54) is 32.4 Å². The van der Waals surface area contributed by atoms with Crippen LogP contribution in [-0.2, 0) is 0 Å². The SMILES string of the molecule is CCNC(CN1CC2CCC1C2)C(C)C. The molecule has 3 unspecified atom stereocenters. The molecule has 0 aromatic heterocycles. The van der Waals surface area contributed by atoms with Crippen LogP contribution in [0.3, 0.4) is 0 Å². The summed E-state index contributed by atoms with van der Waals surface area (Å²) in [5.41, 5.74) is 0. The Morgan fingerprint density at radius 1 is 1.33 bits per heavy atom. The molecule has 0 aromatic carbocycles. The lowest BCUT2D eigenvalue weighted by atomic mass is 10.0. The van der Waals surface area contributed by atoms with Crippen molar-refractivity contribution in [2.75, 3.05) is 19.6 Å². The molecule has 2 bridgehead atoms. The summed E-state index contributed by atoms with van der Waals surface area (Å²) >= 11 is 0. The normalized spacial score (nSPS) is 32.8. The quantitative estimate of drug-likeness (QED) is 0.747. The van der Waals surface area contributed by atoms with E-state index in [2.05, 4.69) is 31.0 Å². The first kappa shape index (κ1) is 11.4. The lowest BCUT2D eigenvalue weighted by Gasteiger charge is -2.32. The number of piperidine rings is 1. The van der Waals surface area contributed by atoms with Crippen molar-refractivity contribution in [2.45, 2.75) is 52.1 Å². The summed E-state index contributed by atoms with van der Waals surface area (Å²) in [6.07, 6.45) is 4.44. The zero-order valence-corrected chi connectivity index (χ0v) is 10.5. The van der Waals surface area contributed by atoms with E-state index >= 15 is 0 Å². The lowest BCUT2D eigenvalue weighted by molar-refractivity contribution is 0.176. The van der Waals surface area contributed by atoms with Gasteiger partial charge in [-0.25, -0.2) is 0 Å². The van der Waals surface area contributed by atoms with Gasteiger partial charge in [0.2, 0.25) is 0 Å². The summed E-state index contributed by atoms with van der Waals surface area (Å²) in [5.74, 6) is 1.79. The van der Waals surface area contributed by atoms with Crippen LogP contribution in [0.25, 0.3) is 0 Å². The van der Waals surface area contributed by atoms with E-state index in [1.807, 2.05) is 0 Å². The predicted octanol–water partition coefficient (Wildman–Crippen LogP) is 2.10. The van der Waals surface area contributed by atoms with E-state index in [-0.39, 0.29) is 0 Å². The van der Waals surface area contributed by atoms with Crippen LogP contribution in [0.4, 0.5) is 0 Å². The third-order valence-corrected chi connectivity index (χ3v) is 4.22. The van der Waals surface area contributed by atoms with Gasteiger partial charge >= 0.3 is 0 Å². The van der Waals surface area contributed by atoms with Gasteiger partial charge < -0.3 is 5.32 Å². The van der Waals surface area contributed by atoms with Gasteiger partial charge in [0.1, 0.15) is 0 Å². The fraction of sp³-hybridized carbons (Fsp3) is 1.00. The highest BCUT2D eigenvalue weighted by Gasteiger charge is 2.38. The van der Waals surface area contributed by atoms with Crippen molar-refractivity contribution in [1.82, 2.24) is 10.2 Å². The summed E-state index contributed by atoms with van der Waals surface area (Å²) < 4.78 is 0. The Kier molecular flexibility index (Phi) is 3.68. The van der Waals surface area contributed by atoms with Crippen molar-refractivity contribution in [1.29, 1.82) is 0 Å². The number of rotatable bonds is 5. The van der Waals surface area contributed by atoms with Crippen LogP contribution in [0.2, 0.25) is 0 Å². The van der Waals surface area contributed by atoms with Gasteiger partial charge in [-0.2, -0.15) is 0 Å². The Labute approximate surface area is 94.4 Å². The lowest BCUT2D eigenvalue weighted by Crippen LogP contribution is -2.46. The summed E-state index contributed by atoms with van der Waals surface area (Å²) in [6.45, 7) is 10.6. The zero-order valence-electron chi connectivity index (χ0n) is 10.5. The van der Waals surface area contributed by atoms with Crippen LogP contribution >= 0.6 is 0 Å². The average Bonchev–Trinajstić information content (AvgIpc) is 2.78. The van der Waals surface area contributed by atoms with Gasteiger partial charge in [0.15, 0.2) is 0 Å². The first-order valence-corrected chi connectivity index (χ1v) is 6.68. The van der Waals surface area contributed by atoms with Crippen molar-refractivity contribution < 1.29 is 0 Å². The van der Waals surface area contributed by atoms with Crippen LogP contribution in [0, 0.1) is 11.8 Å². The second kappa shape index (κ2) is 4.84. The highest BCUT2D eigenvalue weighted by atomic mass is 15.2. The molecule has 0 amide bonds. The molecule has 1 aliphatic heterocycles. The number of likely N-dealkylation sites (N-methyl/N-ethyl adjacent to an activating group) is 1. The Morgan fingerprint density at radius 2 is 2.13 bits per heavy atom. The van der Waals surface area contributed by atoms with E-state index in [0.717, 1.165) is 24.4 Å². The maximum atomic E-state index is 3.63. The Balaban J connectivity index is 1.84. The molecule has 1 saturated carbocycles. The average molecular weight is 210 g/mol. The van der Waals surface area contributed by atoms with Gasteiger partial charge in [-0.3, -0.25) is 4.90 Å². The summed E-state index contributed by atoms with van der Waals surface area (Å²) in [4.78, 5) is 2.74. The van der Waals surface area contributed by atoms with Gasteiger partial charge in [-0.1, -0.05) is 20.8 Å². The minimum Gasteiger partial charge on any atom is -0.313 e. The van der Waals surface area contributed by atoms with Crippen molar-refractivity contribution in [3.05, 3.63) is 0 Å². The van der Waals surface area contributed by atoms with E-state index in [9.17, 15) is 0 Å². The molecule has 0 spiro atoms. The number of fused-ring (bicyclic) bond motifs is 2. The van der Waals surface area contributed by atoms with Crippen molar-refractivity contribution in [2.24, 2.45) is 11.8 Å². The van der Waals surface area contributed by atoms with E-state index in [0.29, 0.717) is 6.04 Å². The molecule has 0 radical (unpaired) electrons. The van der Waals surface area contributed by atoms with Crippen molar-refractivity contribution in [3.8, 4) is 0 Å². The molecule has 88 valence electrons. The maximum Gasteiger partial charge on any atom is 0.0217 e. The summed E-state index contributed by atoms with van der Waals surface area (Å²) in [5, 5.41) is 3.63. The molecule has 15 heavy (non-hydrogen) atoms. The zero-order chi connectivity index (χ0) is 10.8. The van der Waals surface area contributed by atoms with Gasteiger partial charge in [0.25, 0.3) is 0 Å². The molecular formula is C13H26N2. The Bertz CT molecular complexity index is 203. The Morgan fingerprint density at radius 3 is 2.60 bits per heavy atom. The monoisotopic (exact) mass is 210 g/mol. The molecular weight excluding hydrogens is 184 g/mol. The molecule has 2 nitrogen and oxygen atoms in total. The smallest absolute Gasteiger partial charge is 0.0217 e. The van der Waals surface area contributed by atoms with Crippen molar-refractivity contribution in [3.63, 3.8) is 0 Å². The van der Waals surface area contributed by atoms with Crippen LogP contribution in [0.1, 0.15) is 40.0 Å². The van der Waals surface area contributed by atoms with Crippen molar-refractivity contribution >= 4 is 0 Å². The highest BCUT2D eigenvalue weighted by Crippen LogP contribution is 2.37. The maximum absolute atomic E-state index is 3.63. The van der Waals surface area contributed by atoms with Crippen LogP contribution in [0.15, 0.2) is 0 Å².